The fraction of sp³-hybridized carbons (Fsp3) is 0.516. The first-order valence-corrected chi connectivity index (χ1v) is 34.7. The van der Waals surface area contributed by atoms with Gasteiger partial charge in [-0.25, -0.2) is 35.9 Å². The second-order valence-electron chi connectivity index (χ2n) is 23.6. The number of nitriles is 2. The predicted octanol–water partition coefficient (Wildman–Crippen LogP) is 4.03. The summed E-state index contributed by atoms with van der Waals surface area (Å²) in [6, 6.07) is 22.4. The van der Waals surface area contributed by atoms with Gasteiger partial charge in [-0.05, 0) is 146 Å². The first kappa shape index (κ1) is 66.1. The molecule has 0 saturated carbocycles. The highest BCUT2D eigenvalue weighted by Crippen LogP contribution is 2.43. The Hall–Kier alpha value is -6.82. The lowest BCUT2D eigenvalue weighted by Gasteiger charge is -2.36. The molecule has 24 nitrogen and oxygen atoms in total. The second kappa shape index (κ2) is 30.5. The Labute approximate surface area is 536 Å². The first-order valence-electron chi connectivity index (χ1n) is 31.0. The minimum absolute atomic E-state index is 0.0240. The van der Waals surface area contributed by atoms with E-state index in [4.69, 9.17) is 32.7 Å². The Morgan fingerprint density at radius 2 is 0.900 bits per heavy atom. The van der Waals surface area contributed by atoms with Crippen molar-refractivity contribution in [2.45, 2.75) is 110 Å². The molecular formula is C62H78Cl2N14O10S2. The van der Waals surface area contributed by atoms with Crippen molar-refractivity contribution in [3.63, 3.8) is 0 Å². The molecular weight excluding hydrogens is 1240 g/mol. The van der Waals surface area contributed by atoms with Gasteiger partial charge in [0.25, 0.3) is 0 Å². The van der Waals surface area contributed by atoms with E-state index in [1.807, 2.05) is 12.1 Å². The summed E-state index contributed by atoms with van der Waals surface area (Å²) < 4.78 is 72.6. The van der Waals surface area contributed by atoms with Gasteiger partial charge in [0.2, 0.25) is 31.9 Å². The van der Waals surface area contributed by atoms with E-state index < -0.39 is 44.3 Å². The molecule has 482 valence electrons. The fourth-order valence-electron chi connectivity index (χ4n) is 12.9. The van der Waals surface area contributed by atoms with Gasteiger partial charge in [-0.3, -0.25) is 19.4 Å². The third kappa shape index (κ3) is 16.8. The van der Waals surface area contributed by atoms with Crippen LogP contribution in [-0.4, -0.2) is 189 Å². The van der Waals surface area contributed by atoms with Crippen LogP contribution in [0.5, 0.6) is 11.5 Å². The summed E-state index contributed by atoms with van der Waals surface area (Å²) in [5.74, 6) is 0.704. The normalized spacial score (nSPS) is 21.8. The molecule has 2 aliphatic carbocycles. The number of piperazine rings is 2. The molecule has 90 heavy (non-hydrogen) atoms. The van der Waals surface area contributed by atoms with Crippen LogP contribution in [0.25, 0.3) is 0 Å². The van der Waals surface area contributed by atoms with Crippen molar-refractivity contribution < 1.29 is 45.5 Å². The number of benzene rings is 4. The Morgan fingerprint density at radius 3 is 1.27 bits per heavy atom. The molecule has 4 aliphatic heterocycles. The number of hydrogen-bond acceptors (Lipinski definition) is 16. The quantitative estimate of drug-likeness (QED) is 0.0434. The van der Waals surface area contributed by atoms with Crippen LogP contribution in [0.3, 0.4) is 0 Å². The monoisotopic (exact) mass is 1310 g/mol. The Kier molecular flexibility index (Phi) is 22.4. The van der Waals surface area contributed by atoms with E-state index in [2.05, 4.69) is 63.3 Å². The van der Waals surface area contributed by atoms with E-state index in [0.29, 0.717) is 110 Å². The number of carbonyl (C=O) groups excluding carboxylic acids is 4. The maximum absolute atomic E-state index is 13.5. The molecule has 4 fully saturated rings. The number of hydrogen-bond donors (Lipinski definition) is 8. The highest BCUT2D eigenvalue weighted by Gasteiger charge is 2.42. The van der Waals surface area contributed by atoms with Crippen LogP contribution in [0.2, 0.25) is 10.0 Å². The van der Waals surface area contributed by atoms with E-state index >= 15 is 0 Å². The van der Waals surface area contributed by atoms with E-state index in [-0.39, 0.29) is 84.8 Å². The van der Waals surface area contributed by atoms with E-state index in [1.165, 1.54) is 24.3 Å². The van der Waals surface area contributed by atoms with Crippen LogP contribution in [-0.2, 0) is 42.5 Å². The van der Waals surface area contributed by atoms with Gasteiger partial charge in [-0.1, -0.05) is 23.2 Å². The summed E-state index contributed by atoms with van der Waals surface area (Å²) in [6.45, 7) is 9.18. The lowest BCUT2D eigenvalue weighted by atomic mass is 10.0. The number of nitrogens with one attached hydrogen (secondary N) is 8. The fourth-order valence-corrected chi connectivity index (χ4v) is 15.9. The standard InChI is InChI=1S/C62H78Cl2N14O10S2/c63-43-31-41(37-65)51-35-55(75-27-21-67-22-28-75)59(53(51)33-43)87-47-7-11-49(12-8-47)89(83,84)73-45-15-25-77(39-45)57(79)5-3-19-71-61(81)69-17-1-2-18-70-62(82)72-20-4-6-58(80)78-26-16-46(40-78)74-90(85,86)50-13-9-48(10-14-50)88-60-54-34-44(64)32-42(38-66)52(54)36-56(60)76-29-23-68-24-30-76/h7-14,31-34,45-46,55-56,59-60,67-68,73-74H,1-6,15-30,35-36,39-40H2,(H2,69,71,81)(H2,70,72,82)/t45-,46-,55+,56+,59+,60+/m1/s1. The predicted molar refractivity (Wildman–Crippen MR) is 337 cm³/mol. The van der Waals surface area contributed by atoms with Crippen LogP contribution in [0.1, 0.15) is 97.0 Å². The molecule has 10 rings (SSSR count). The van der Waals surface area contributed by atoms with Gasteiger partial charge < -0.3 is 51.2 Å². The molecule has 8 N–H and O–H groups in total. The zero-order valence-corrected chi connectivity index (χ0v) is 53.3. The van der Waals surface area contributed by atoms with Gasteiger partial charge in [-0.15, -0.1) is 0 Å². The second-order valence-corrected chi connectivity index (χ2v) is 27.9. The first-order chi connectivity index (χ1) is 43.4. The smallest absolute Gasteiger partial charge is 0.314 e. The maximum Gasteiger partial charge on any atom is 0.314 e. The number of halogens is 2. The summed E-state index contributed by atoms with van der Waals surface area (Å²) in [5.41, 5.74) is 4.61. The number of unbranched alkanes of at least 4 members (excludes halogenated alkanes) is 1. The number of rotatable bonds is 25. The molecule has 0 bridgehead atoms. The lowest BCUT2D eigenvalue weighted by Crippen LogP contribution is -2.50. The summed E-state index contributed by atoms with van der Waals surface area (Å²) in [5, 5.41) is 38.4. The van der Waals surface area contributed by atoms with E-state index in [0.717, 1.165) is 74.6 Å². The third-order valence-corrected chi connectivity index (χ3v) is 21.0. The molecule has 0 unspecified atom stereocenters. The zero-order valence-electron chi connectivity index (χ0n) is 50.1. The molecule has 4 aromatic rings. The SMILES string of the molecule is N#Cc1cc(Cl)cc2c1C[C@H](N1CCNCC1)[C@H]2Oc1ccc(S(=O)(=O)N[C@@H]2CCN(C(=O)CCCNC(=O)NCCCCNC(=O)NCCCC(=O)N3CC[C@@H](NS(=O)(=O)c4ccc(O[C@H]5c6cc(Cl)cc(C#N)c6C[C@@H]5N5CCNCC5)cc4)C3)C2)cc1. The highest BCUT2D eigenvalue weighted by atomic mass is 35.5. The zero-order chi connectivity index (χ0) is 63.4. The third-order valence-electron chi connectivity index (χ3n) is 17.5. The van der Waals surface area contributed by atoms with Gasteiger partial charge in [0, 0.05) is 140 Å². The van der Waals surface area contributed by atoms with E-state index in [9.17, 15) is 46.5 Å². The van der Waals surface area contributed by atoms with Crippen molar-refractivity contribution in [2.24, 2.45) is 0 Å². The largest absolute Gasteiger partial charge is 0.484 e. The van der Waals surface area contributed by atoms with Crippen LogP contribution >= 0.6 is 23.2 Å². The van der Waals surface area contributed by atoms with Crippen molar-refractivity contribution >= 4 is 67.1 Å². The minimum Gasteiger partial charge on any atom is -0.484 e. The molecule has 6 atom stereocenters. The number of likely N-dealkylation sites (tertiary alicyclic amines) is 2. The van der Waals surface area contributed by atoms with E-state index in [1.54, 1.807) is 46.2 Å². The van der Waals surface area contributed by atoms with Gasteiger partial charge >= 0.3 is 12.1 Å². The van der Waals surface area contributed by atoms with Gasteiger partial charge in [0.15, 0.2) is 0 Å². The van der Waals surface area contributed by atoms with Crippen molar-refractivity contribution in [1.82, 2.24) is 60.9 Å². The molecule has 4 heterocycles. The average molecular weight is 1310 g/mol. The topological polar surface area (TPSA) is 312 Å². The molecule has 4 aromatic carbocycles. The molecule has 6 aliphatic rings. The summed E-state index contributed by atoms with van der Waals surface area (Å²) in [7, 11) is -7.85. The Morgan fingerprint density at radius 1 is 0.533 bits per heavy atom. The number of amides is 6. The molecule has 0 radical (unpaired) electrons. The van der Waals surface area contributed by atoms with Crippen molar-refractivity contribution in [1.29, 1.82) is 10.5 Å². The van der Waals surface area contributed by atoms with Gasteiger partial charge in [0.1, 0.15) is 23.7 Å². The molecule has 0 aromatic heterocycles. The Bertz CT molecular complexity index is 3320. The van der Waals surface area contributed by atoms with Crippen LogP contribution in [0.4, 0.5) is 9.59 Å². The average Bonchev–Trinajstić information content (AvgIpc) is 1.66. The summed E-state index contributed by atoms with van der Waals surface area (Å²) in [6.07, 6.45) is 3.71. The van der Waals surface area contributed by atoms with Crippen molar-refractivity contribution in [3.8, 4) is 23.6 Å². The number of carbonyl (C=O) groups is 4. The maximum atomic E-state index is 13.5. The van der Waals surface area contributed by atoms with Crippen molar-refractivity contribution in [3.05, 3.63) is 116 Å². The molecule has 28 heteroatoms. The van der Waals surface area contributed by atoms with Gasteiger partial charge in [0.05, 0.1) is 45.1 Å². The molecule has 6 amide bonds. The number of urea groups is 2. The summed E-state index contributed by atoms with van der Waals surface area (Å²) in [4.78, 5) is 59.0. The molecule has 0 spiro atoms. The van der Waals surface area contributed by atoms with Crippen LogP contribution in [0, 0.1) is 22.7 Å². The number of ether oxygens (including phenoxy) is 2. The van der Waals surface area contributed by atoms with Crippen LogP contribution < -0.4 is 50.8 Å². The molecule has 4 saturated heterocycles. The minimum atomic E-state index is -3.92. The number of fused-ring (bicyclic) bond motifs is 2. The highest BCUT2D eigenvalue weighted by molar-refractivity contribution is 7.89. The van der Waals surface area contributed by atoms with Gasteiger partial charge in [-0.2, -0.15) is 10.5 Å². The van der Waals surface area contributed by atoms with Crippen LogP contribution in [0.15, 0.2) is 82.6 Å². The number of nitrogens with zero attached hydrogens (tertiary/aromatic N) is 6. The lowest BCUT2D eigenvalue weighted by molar-refractivity contribution is -0.131. The summed E-state index contributed by atoms with van der Waals surface area (Å²) >= 11 is 12.9. The van der Waals surface area contributed by atoms with Crippen molar-refractivity contribution in [2.75, 3.05) is 105 Å². The number of sulfonamides is 2. The Balaban J connectivity index is 0.549.